The summed E-state index contributed by atoms with van der Waals surface area (Å²) in [5.74, 6) is -0.268. The van der Waals surface area contributed by atoms with Gasteiger partial charge in [-0.05, 0) is 38.4 Å². The Labute approximate surface area is 123 Å². The summed E-state index contributed by atoms with van der Waals surface area (Å²) in [6, 6.07) is 6.34. The minimum atomic E-state index is -0.810. The van der Waals surface area contributed by atoms with Crippen LogP contribution in [0.1, 0.15) is 0 Å². The first kappa shape index (κ1) is 16.9. The highest BCUT2D eigenvalue weighted by Crippen LogP contribution is 2.17. The lowest BCUT2D eigenvalue weighted by atomic mass is 10.4. The van der Waals surface area contributed by atoms with Crippen molar-refractivity contribution >= 4 is 17.7 Å². The molecule has 0 fully saturated rings. The number of carboxylic acid groups (broad SMARTS) is 1. The van der Waals surface area contributed by atoms with Crippen molar-refractivity contribution in [1.29, 1.82) is 0 Å². The van der Waals surface area contributed by atoms with Gasteiger partial charge < -0.3 is 10.0 Å². The Hall–Kier alpha value is -1.11. The second kappa shape index (κ2) is 8.94. The number of carboxylic acids is 1. The molecule has 6 heteroatoms. The SMILES string of the molecule is CN(C)CCN(CCSc1ccc(F)cc1)CC(=O)O. The first-order valence-electron chi connectivity index (χ1n) is 6.44. The third-order valence-corrected chi connectivity index (χ3v) is 3.70. The third-order valence-electron chi connectivity index (χ3n) is 2.71. The zero-order valence-electron chi connectivity index (χ0n) is 11.9. The van der Waals surface area contributed by atoms with Gasteiger partial charge in [0.1, 0.15) is 5.82 Å². The third kappa shape index (κ3) is 7.47. The van der Waals surface area contributed by atoms with Crippen molar-refractivity contribution in [3.63, 3.8) is 0 Å². The van der Waals surface area contributed by atoms with Crippen molar-refractivity contribution in [3.8, 4) is 0 Å². The van der Waals surface area contributed by atoms with Crippen LogP contribution >= 0.6 is 11.8 Å². The maximum Gasteiger partial charge on any atom is 0.317 e. The van der Waals surface area contributed by atoms with Crippen LogP contribution < -0.4 is 0 Å². The maximum atomic E-state index is 12.8. The van der Waals surface area contributed by atoms with Crippen molar-refractivity contribution in [2.24, 2.45) is 0 Å². The van der Waals surface area contributed by atoms with Crippen molar-refractivity contribution < 1.29 is 14.3 Å². The summed E-state index contributed by atoms with van der Waals surface area (Å²) < 4.78 is 12.8. The van der Waals surface area contributed by atoms with E-state index in [-0.39, 0.29) is 12.4 Å². The highest BCUT2D eigenvalue weighted by atomic mass is 32.2. The van der Waals surface area contributed by atoms with Crippen LogP contribution in [0.15, 0.2) is 29.2 Å². The largest absolute Gasteiger partial charge is 0.480 e. The van der Waals surface area contributed by atoms with Gasteiger partial charge in [0.05, 0.1) is 6.54 Å². The average Bonchev–Trinajstić information content (AvgIpc) is 2.37. The Morgan fingerprint density at radius 2 is 1.85 bits per heavy atom. The highest BCUT2D eigenvalue weighted by molar-refractivity contribution is 7.99. The highest BCUT2D eigenvalue weighted by Gasteiger charge is 2.09. The molecule has 4 nitrogen and oxygen atoms in total. The standard InChI is InChI=1S/C14H21FN2O2S/c1-16(2)7-8-17(11-14(18)19)9-10-20-13-5-3-12(15)4-6-13/h3-6H,7-11H2,1-2H3,(H,18,19). The topological polar surface area (TPSA) is 43.8 Å². The van der Waals surface area contributed by atoms with Crippen molar-refractivity contribution in [1.82, 2.24) is 9.80 Å². The van der Waals surface area contributed by atoms with Gasteiger partial charge in [0, 0.05) is 30.3 Å². The number of hydrogen-bond acceptors (Lipinski definition) is 4. The number of thioether (sulfide) groups is 1. The minimum absolute atomic E-state index is 0.0534. The molecule has 1 aromatic rings. The van der Waals surface area contributed by atoms with Crippen LogP contribution in [0.4, 0.5) is 4.39 Å². The summed E-state index contributed by atoms with van der Waals surface area (Å²) >= 11 is 1.60. The number of likely N-dealkylation sites (N-methyl/N-ethyl adjacent to an activating group) is 1. The van der Waals surface area contributed by atoms with E-state index >= 15 is 0 Å². The number of benzene rings is 1. The summed E-state index contributed by atoms with van der Waals surface area (Å²) in [5, 5.41) is 8.89. The van der Waals surface area contributed by atoms with Crippen LogP contribution in [0, 0.1) is 5.82 Å². The average molecular weight is 300 g/mol. The molecule has 0 amide bonds. The van der Waals surface area contributed by atoms with Crippen molar-refractivity contribution in [2.75, 3.05) is 46.0 Å². The first-order chi connectivity index (χ1) is 9.47. The molecule has 0 aliphatic heterocycles. The quantitative estimate of drug-likeness (QED) is 0.705. The molecule has 0 spiro atoms. The van der Waals surface area contributed by atoms with Crippen LogP contribution in [-0.2, 0) is 4.79 Å². The van der Waals surface area contributed by atoms with Crippen molar-refractivity contribution in [3.05, 3.63) is 30.1 Å². The molecule has 1 rings (SSSR count). The molecule has 0 heterocycles. The predicted molar refractivity (Wildman–Crippen MR) is 79.8 cm³/mol. The lowest BCUT2D eigenvalue weighted by Gasteiger charge is -2.22. The van der Waals surface area contributed by atoms with Gasteiger partial charge in [0.2, 0.25) is 0 Å². The van der Waals surface area contributed by atoms with Gasteiger partial charge in [-0.25, -0.2) is 4.39 Å². The smallest absolute Gasteiger partial charge is 0.317 e. The fourth-order valence-corrected chi connectivity index (χ4v) is 2.54. The van der Waals surface area contributed by atoms with Gasteiger partial charge >= 0.3 is 5.97 Å². The summed E-state index contributed by atoms with van der Waals surface area (Å²) in [4.78, 5) is 15.8. The van der Waals surface area contributed by atoms with E-state index in [4.69, 9.17) is 5.11 Å². The van der Waals surface area contributed by atoms with Crippen LogP contribution in [0.25, 0.3) is 0 Å². The minimum Gasteiger partial charge on any atom is -0.480 e. The Morgan fingerprint density at radius 3 is 2.40 bits per heavy atom. The van der Waals surface area contributed by atoms with Crippen LogP contribution in [0.5, 0.6) is 0 Å². The Kier molecular flexibility index (Phi) is 7.58. The molecule has 0 aliphatic carbocycles. The molecule has 20 heavy (non-hydrogen) atoms. The summed E-state index contributed by atoms with van der Waals surface area (Å²) in [5.41, 5.74) is 0. The van der Waals surface area contributed by atoms with Gasteiger partial charge in [-0.15, -0.1) is 11.8 Å². The molecule has 0 radical (unpaired) electrons. The molecule has 0 atom stereocenters. The summed E-state index contributed by atoms with van der Waals surface area (Å²) in [6.07, 6.45) is 0. The molecule has 0 aromatic heterocycles. The number of nitrogens with zero attached hydrogens (tertiary/aromatic N) is 2. The Balaban J connectivity index is 2.36. The van der Waals surface area contributed by atoms with E-state index in [1.54, 1.807) is 23.9 Å². The monoisotopic (exact) mass is 300 g/mol. The number of aliphatic carboxylic acids is 1. The molecule has 0 saturated heterocycles. The predicted octanol–water partition coefficient (Wildman–Crippen LogP) is 1.87. The zero-order chi connectivity index (χ0) is 15.0. The van der Waals surface area contributed by atoms with E-state index in [9.17, 15) is 9.18 Å². The summed E-state index contributed by atoms with van der Waals surface area (Å²) in [7, 11) is 3.93. The van der Waals surface area contributed by atoms with E-state index in [1.807, 2.05) is 23.9 Å². The lowest BCUT2D eigenvalue weighted by molar-refractivity contribution is -0.138. The van der Waals surface area contributed by atoms with E-state index in [0.717, 1.165) is 23.7 Å². The van der Waals surface area contributed by atoms with E-state index in [1.165, 1.54) is 12.1 Å². The molecule has 1 aromatic carbocycles. The van der Waals surface area contributed by atoms with Crippen molar-refractivity contribution in [2.45, 2.75) is 4.90 Å². The van der Waals surface area contributed by atoms with Crippen LogP contribution in [0.3, 0.4) is 0 Å². The van der Waals surface area contributed by atoms with Gasteiger partial charge in [-0.1, -0.05) is 0 Å². The maximum absolute atomic E-state index is 12.8. The molecule has 1 N–H and O–H groups in total. The number of rotatable bonds is 9. The number of halogens is 1. The Morgan fingerprint density at radius 1 is 1.20 bits per heavy atom. The van der Waals surface area contributed by atoms with Crippen LogP contribution in [-0.4, -0.2) is 66.9 Å². The Bertz CT molecular complexity index is 412. The number of hydrogen-bond donors (Lipinski definition) is 1. The summed E-state index contributed by atoms with van der Waals surface area (Å²) in [6.45, 7) is 2.30. The normalized spacial score (nSPS) is 11.2. The fourth-order valence-electron chi connectivity index (χ4n) is 1.63. The molecular formula is C14H21FN2O2S. The van der Waals surface area contributed by atoms with E-state index < -0.39 is 5.97 Å². The molecule has 112 valence electrons. The van der Waals surface area contributed by atoms with E-state index in [2.05, 4.69) is 0 Å². The van der Waals surface area contributed by atoms with Gasteiger partial charge in [0.15, 0.2) is 0 Å². The first-order valence-corrected chi connectivity index (χ1v) is 7.43. The van der Waals surface area contributed by atoms with Gasteiger partial charge in [-0.2, -0.15) is 0 Å². The fraction of sp³-hybridized carbons (Fsp3) is 0.500. The van der Waals surface area contributed by atoms with Crippen LogP contribution in [0.2, 0.25) is 0 Å². The lowest BCUT2D eigenvalue weighted by Crippen LogP contribution is -2.37. The number of carbonyl (C=O) groups is 1. The molecule has 0 saturated carbocycles. The molecule has 0 unspecified atom stereocenters. The second-order valence-electron chi connectivity index (χ2n) is 4.78. The van der Waals surface area contributed by atoms with Gasteiger partial charge in [-0.3, -0.25) is 9.69 Å². The molecule has 0 bridgehead atoms. The molecular weight excluding hydrogens is 279 g/mol. The molecule has 0 aliphatic rings. The zero-order valence-corrected chi connectivity index (χ0v) is 12.7. The van der Waals surface area contributed by atoms with E-state index in [0.29, 0.717) is 6.54 Å². The van der Waals surface area contributed by atoms with Gasteiger partial charge in [0.25, 0.3) is 0 Å². The second-order valence-corrected chi connectivity index (χ2v) is 5.94.